The van der Waals surface area contributed by atoms with E-state index in [1.165, 1.54) is 14.0 Å². The average Bonchev–Trinajstić information content (AvgIpc) is 2.69. The number of ether oxygens (including phenoxy) is 2. The maximum atomic E-state index is 11.8. The molecule has 1 rings (SSSR count). The van der Waals surface area contributed by atoms with Crippen LogP contribution >= 0.6 is 0 Å². The number of rotatable bonds is 11. The fourth-order valence-electron chi connectivity index (χ4n) is 5.95. The van der Waals surface area contributed by atoms with Gasteiger partial charge in [-0.1, -0.05) is 53.2 Å². The molecule has 8 heteroatoms. The molecule has 0 aromatic heterocycles. The van der Waals surface area contributed by atoms with Gasteiger partial charge in [0.05, 0.1) is 30.8 Å². The highest BCUT2D eigenvalue weighted by Crippen LogP contribution is 2.52. The van der Waals surface area contributed by atoms with Gasteiger partial charge in [-0.25, -0.2) is 0 Å². The molecule has 10 unspecified atom stereocenters. The van der Waals surface area contributed by atoms with E-state index in [-0.39, 0.29) is 24.7 Å². The van der Waals surface area contributed by atoms with Crippen LogP contribution in [0.5, 0.6) is 0 Å². The predicted octanol–water partition coefficient (Wildman–Crippen LogP) is 2.96. The minimum absolute atomic E-state index is 0.256. The Balaban J connectivity index is 3.17. The fourth-order valence-corrected chi connectivity index (χ4v) is 5.95. The summed E-state index contributed by atoms with van der Waals surface area (Å²) in [5.74, 6) is -4.46. The number of carboxylic acids is 1. The Morgan fingerprint density at radius 3 is 2.15 bits per heavy atom. The van der Waals surface area contributed by atoms with Crippen LogP contribution in [-0.2, 0) is 14.3 Å². The van der Waals surface area contributed by atoms with E-state index in [0.29, 0.717) is 0 Å². The zero-order valence-corrected chi connectivity index (χ0v) is 22.6. The number of aliphatic hydroxyl groups excluding tert-OH is 2. The zero-order chi connectivity index (χ0) is 26.8. The van der Waals surface area contributed by atoms with Crippen molar-refractivity contribution in [3.8, 4) is 0 Å². The molecule has 0 saturated carbocycles. The second kappa shape index (κ2) is 11.4. The van der Waals surface area contributed by atoms with Crippen molar-refractivity contribution in [2.24, 2.45) is 29.1 Å². The fraction of sp³-hybridized carbons (Fsp3) is 0.885. The monoisotopic (exact) mass is 488 g/mol. The molecule has 0 aliphatic carbocycles. The maximum absolute atomic E-state index is 11.8. The van der Waals surface area contributed by atoms with E-state index in [9.17, 15) is 30.3 Å². The van der Waals surface area contributed by atoms with Gasteiger partial charge >= 0.3 is 5.97 Å². The molecule has 34 heavy (non-hydrogen) atoms. The first-order chi connectivity index (χ1) is 15.3. The molecule has 0 aromatic carbocycles. The second-order valence-electron chi connectivity index (χ2n) is 11.5. The van der Waals surface area contributed by atoms with Gasteiger partial charge in [0.2, 0.25) is 0 Å². The number of hydrogen-bond donors (Lipinski definition) is 5. The lowest BCUT2D eigenvalue weighted by Crippen LogP contribution is -2.66. The topological polar surface area (TPSA) is 137 Å². The standard InChI is InChI=1S/C26H48O8/c1-14(2)11-15(3)21(29)25(9,31)22(30)16(4)12-17(5)26(32)24(7,8)23(33-10)18(6)19(34-26)13-20(27)28/h11,15-19,21-23,29-32H,12-13H2,1-10H3,(H,27,28). The largest absolute Gasteiger partial charge is 0.481 e. The second-order valence-corrected chi connectivity index (χ2v) is 11.5. The Morgan fingerprint density at radius 1 is 1.18 bits per heavy atom. The summed E-state index contributed by atoms with van der Waals surface area (Å²) in [6.45, 7) is 16.0. The Morgan fingerprint density at radius 2 is 1.71 bits per heavy atom. The Kier molecular flexibility index (Phi) is 10.4. The molecule has 5 N–H and O–H groups in total. The van der Waals surface area contributed by atoms with E-state index in [4.69, 9.17) is 9.47 Å². The quantitative estimate of drug-likeness (QED) is 0.280. The van der Waals surface area contributed by atoms with Crippen LogP contribution in [0, 0.1) is 29.1 Å². The van der Waals surface area contributed by atoms with Crippen molar-refractivity contribution >= 4 is 5.97 Å². The highest BCUT2D eigenvalue weighted by molar-refractivity contribution is 5.67. The highest BCUT2D eigenvalue weighted by Gasteiger charge is 2.61. The number of allylic oxidation sites excluding steroid dienone is 1. The number of hydrogen-bond acceptors (Lipinski definition) is 7. The normalized spacial score (nSPS) is 33.2. The molecule has 10 atom stereocenters. The minimum Gasteiger partial charge on any atom is -0.481 e. The lowest BCUT2D eigenvalue weighted by Gasteiger charge is -2.57. The first-order valence-corrected chi connectivity index (χ1v) is 12.2. The number of aliphatic hydroxyl groups is 4. The summed E-state index contributed by atoms with van der Waals surface area (Å²) in [6, 6.07) is 0. The van der Waals surface area contributed by atoms with Gasteiger partial charge in [0.1, 0.15) is 5.60 Å². The third-order valence-electron chi connectivity index (χ3n) is 7.88. The van der Waals surface area contributed by atoms with E-state index < -0.39 is 59.0 Å². The van der Waals surface area contributed by atoms with Gasteiger partial charge in [-0.3, -0.25) is 4.79 Å². The number of methoxy groups -OCH3 is 1. The lowest BCUT2D eigenvalue weighted by atomic mass is 9.64. The van der Waals surface area contributed by atoms with Crippen molar-refractivity contribution in [2.45, 2.75) is 111 Å². The first-order valence-electron chi connectivity index (χ1n) is 12.2. The number of aliphatic carboxylic acids is 1. The third kappa shape index (κ3) is 6.20. The molecule has 1 heterocycles. The molecule has 0 radical (unpaired) electrons. The molecule has 0 bridgehead atoms. The highest BCUT2D eigenvalue weighted by atomic mass is 16.6. The van der Waals surface area contributed by atoms with Gasteiger partial charge in [0, 0.05) is 30.3 Å². The molecule has 0 spiro atoms. The molecule has 8 nitrogen and oxygen atoms in total. The zero-order valence-electron chi connectivity index (χ0n) is 22.6. The summed E-state index contributed by atoms with van der Waals surface area (Å²) in [7, 11) is 1.54. The van der Waals surface area contributed by atoms with E-state index >= 15 is 0 Å². The van der Waals surface area contributed by atoms with Crippen LogP contribution in [-0.4, -0.2) is 74.4 Å². The minimum atomic E-state index is -1.79. The molecule has 200 valence electrons. The van der Waals surface area contributed by atoms with Gasteiger partial charge in [-0.05, 0) is 33.1 Å². The van der Waals surface area contributed by atoms with Crippen LogP contribution in [0.15, 0.2) is 11.6 Å². The third-order valence-corrected chi connectivity index (χ3v) is 7.88. The first kappa shape index (κ1) is 31.0. The lowest BCUT2D eigenvalue weighted by molar-refractivity contribution is -0.374. The Hall–Kier alpha value is -1.03. The van der Waals surface area contributed by atoms with Crippen molar-refractivity contribution < 1.29 is 39.8 Å². The van der Waals surface area contributed by atoms with Crippen LogP contribution in [0.3, 0.4) is 0 Å². The molecule has 1 saturated heterocycles. The SMILES string of the molecule is COC1C(C)C(CC(=O)O)OC(O)(C(C)CC(C)C(O)C(C)(O)C(O)C(C)C=C(C)C)C1(C)C. The molecule has 0 aromatic rings. The van der Waals surface area contributed by atoms with Gasteiger partial charge in [0.15, 0.2) is 5.79 Å². The molecule has 1 aliphatic rings. The summed E-state index contributed by atoms with van der Waals surface area (Å²) in [6.07, 6.45) is -1.86. The van der Waals surface area contributed by atoms with Crippen molar-refractivity contribution in [1.29, 1.82) is 0 Å². The summed E-state index contributed by atoms with van der Waals surface area (Å²) in [5, 5.41) is 54.0. The molecule has 1 aliphatic heterocycles. The van der Waals surface area contributed by atoms with Crippen molar-refractivity contribution in [3.63, 3.8) is 0 Å². The molecule has 0 amide bonds. The van der Waals surface area contributed by atoms with Crippen molar-refractivity contribution in [3.05, 3.63) is 11.6 Å². The van der Waals surface area contributed by atoms with Crippen LogP contribution in [0.4, 0.5) is 0 Å². The van der Waals surface area contributed by atoms with E-state index in [0.717, 1.165) is 5.57 Å². The number of carbonyl (C=O) groups is 1. The summed E-state index contributed by atoms with van der Waals surface area (Å²) >= 11 is 0. The Bertz CT molecular complexity index is 714. The van der Waals surface area contributed by atoms with Gasteiger partial charge in [0.25, 0.3) is 0 Å². The van der Waals surface area contributed by atoms with Gasteiger partial charge in [-0.2, -0.15) is 0 Å². The van der Waals surface area contributed by atoms with Crippen LogP contribution in [0.2, 0.25) is 0 Å². The average molecular weight is 489 g/mol. The van der Waals surface area contributed by atoms with Crippen LogP contribution in [0.1, 0.15) is 75.2 Å². The molecular formula is C26H48O8. The predicted molar refractivity (Wildman–Crippen MR) is 130 cm³/mol. The summed E-state index contributed by atoms with van der Waals surface area (Å²) < 4.78 is 11.8. The van der Waals surface area contributed by atoms with Gasteiger partial charge in [-0.15, -0.1) is 0 Å². The van der Waals surface area contributed by atoms with Crippen LogP contribution < -0.4 is 0 Å². The van der Waals surface area contributed by atoms with Crippen molar-refractivity contribution in [2.75, 3.05) is 7.11 Å². The summed E-state index contributed by atoms with van der Waals surface area (Å²) in [4.78, 5) is 11.4. The van der Waals surface area contributed by atoms with E-state index in [2.05, 4.69) is 0 Å². The van der Waals surface area contributed by atoms with Crippen molar-refractivity contribution in [1.82, 2.24) is 0 Å². The van der Waals surface area contributed by atoms with E-state index in [1.807, 2.05) is 40.7 Å². The Labute approximate surface area is 205 Å². The maximum Gasteiger partial charge on any atom is 0.305 e. The molecular weight excluding hydrogens is 440 g/mol. The van der Waals surface area contributed by atoms with E-state index in [1.54, 1.807) is 20.8 Å². The smallest absolute Gasteiger partial charge is 0.305 e. The number of carboxylic acid groups (broad SMARTS) is 1. The molecule has 1 fully saturated rings. The van der Waals surface area contributed by atoms with Gasteiger partial charge < -0.3 is 35.0 Å². The van der Waals surface area contributed by atoms with Crippen LogP contribution in [0.25, 0.3) is 0 Å². The summed E-state index contributed by atoms with van der Waals surface area (Å²) in [5.41, 5.74) is -1.68.